The predicted molar refractivity (Wildman–Crippen MR) is 86.4 cm³/mol. The van der Waals surface area contributed by atoms with Crippen LogP contribution in [0.3, 0.4) is 0 Å². The zero-order valence-electron chi connectivity index (χ0n) is 13.2. The van der Waals surface area contributed by atoms with Crippen molar-refractivity contribution < 1.29 is 0 Å². The molecule has 1 fully saturated rings. The molecule has 1 saturated carbocycles. The molecule has 2 unspecified atom stereocenters. The van der Waals surface area contributed by atoms with E-state index in [1.807, 2.05) is 0 Å². The fourth-order valence-electron chi connectivity index (χ4n) is 2.83. The molecule has 1 aliphatic rings. The van der Waals surface area contributed by atoms with Gasteiger partial charge in [0.15, 0.2) is 5.16 Å². The van der Waals surface area contributed by atoms with E-state index in [0.717, 1.165) is 40.8 Å². The summed E-state index contributed by atoms with van der Waals surface area (Å²) in [5.41, 5.74) is 3.42. The molecule has 1 aromatic rings. The summed E-state index contributed by atoms with van der Waals surface area (Å²) in [6.07, 6.45) is 5.46. The molecule has 0 aliphatic heterocycles. The molecule has 0 radical (unpaired) electrons. The van der Waals surface area contributed by atoms with Crippen molar-refractivity contribution in [2.45, 2.75) is 64.6 Å². The van der Waals surface area contributed by atoms with Gasteiger partial charge >= 0.3 is 0 Å². The van der Waals surface area contributed by atoms with Crippen LogP contribution in [0.5, 0.6) is 0 Å². The summed E-state index contributed by atoms with van der Waals surface area (Å²) < 4.78 is 0. The van der Waals surface area contributed by atoms with Crippen LogP contribution in [0.2, 0.25) is 0 Å². The van der Waals surface area contributed by atoms with Crippen LogP contribution in [0.25, 0.3) is 0 Å². The van der Waals surface area contributed by atoms with Gasteiger partial charge in [-0.15, -0.1) is 0 Å². The minimum atomic E-state index is 0.724. The third-order valence-corrected chi connectivity index (χ3v) is 5.16. The Hall–Kier alpha value is -0.610. The Labute approximate surface area is 127 Å². The third-order valence-electron chi connectivity index (χ3n) is 4.31. The lowest BCUT2D eigenvalue weighted by atomic mass is 9.87. The molecule has 0 spiro atoms. The molecular formula is C16H27N3S. The lowest BCUT2D eigenvalue weighted by Crippen LogP contribution is -2.34. The van der Waals surface area contributed by atoms with Crippen LogP contribution in [0.1, 0.15) is 49.6 Å². The van der Waals surface area contributed by atoms with E-state index in [1.54, 1.807) is 11.8 Å². The summed E-state index contributed by atoms with van der Waals surface area (Å²) in [7, 11) is 0. The summed E-state index contributed by atoms with van der Waals surface area (Å²) in [6.45, 7) is 9.64. The summed E-state index contributed by atoms with van der Waals surface area (Å²) in [5, 5.41) is 4.61. The largest absolute Gasteiger partial charge is 0.313 e. The SMILES string of the molecule is Cc1nc(SCCNC2CCCC(C)C2)nc(C)c1C. The van der Waals surface area contributed by atoms with Gasteiger partial charge in [-0.05, 0) is 45.1 Å². The van der Waals surface area contributed by atoms with Crippen molar-refractivity contribution in [3.05, 3.63) is 17.0 Å². The van der Waals surface area contributed by atoms with Crippen molar-refractivity contribution in [3.8, 4) is 0 Å². The molecule has 1 aromatic heterocycles. The number of hydrogen-bond acceptors (Lipinski definition) is 4. The highest BCUT2D eigenvalue weighted by atomic mass is 32.2. The lowest BCUT2D eigenvalue weighted by molar-refractivity contribution is 0.306. The monoisotopic (exact) mass is 293 g/mol. The maximum atomic E-state index is 4.55. The maximum Gasteiger partial charge on any atom is 0.188 e. The van der Waals surface area contributed by atoms with Gasteiger partial charge in [0.2, 0.25) is 0 Å². The first kappa shape index (κ1) is 15.8. The van der Waals surface area contributed by atoms with Gasteiger partial charge in [-0.1, -0.05) is 31.5 Å². The van der Waals surface area contributed by atoms with Gasteiger partial charge < -0.3 is 5.32 Å². The molecule has 4 heteroatoms. The highest BCUT2D eigenvalue weighted by Crippen LogP contribution is 2.23. The predicted octanol–water partition coefficient (Wildman–Crippen LogP) is 3.66. The second-order valence-corrected chi connectivity index (χ2v) is 7.14. The summed E-state index contributed by atoms with van der Waals surface area (Å²) in [6, 6.07) is 0.724. The molecule has 1 heterocycles. The number of aryl methyl sites for hydroxylation is 2. The topological polar surface area (TPSA) is 37.8 Å². The Morgan fingerprint density at radius 2 is 1.85 bits per heavy atom. The van der Waals surface area contributed by atoms with Gasteiger partial charge in [0, 0.05) is 29.7 Å². The first-order valence-electron chi connectivity index (χ1n) is 7.74. The fourth-order valence-corrected chi connectivity index (χ4v) is 3.64. The molecule has 112 valence electrons. The average Bonchev–Trinajstić information content (AvgIpc) is 2.41. The van der Waals surface area contributed by atoms with Crippen LogP contribution < -0.4 is 5.32 Å². The van der Waals surface area contributed by atoms with Gasteiger partial charge in [-0.25, -0.2) is 9.97 Å². The molecule has 20 heavy (non-hydrogen) atoms. The van der Waals surface area contributed by atoms with Crippen LogP contribution in [0.15, 0.2) is 5.16 Å². The van der Waals surface area contributed by atoms with Crippen molar-refractivity contribution in [2.24, 2.45) is 5.92 Å². The molecule has 0 amide bonds. The molecule has 0 bridgehead atoms. The molecule has 2 atom stereocenters. The van der Waals surface area contributed by atoms with E-state index >= 15 is 0 Å². The zero-order chi connectivity index (χ0) is 14.5. The van der Waals surface area contributed by atoms with Crippen molar-refractivity contribution in [3.63, 3.8) is 0 Å². The van der Waals surface area contributed by atoms with Crippen LogP contribution in [0, 0.1) is 26.7 Å². The summed E-state index contributed by atoms with van der Waals surface area (Å²) in [4.78, 5) is 9.11. The quantitative estimate of drug-likeness (QED) is 0.511. The molecule has 1 N–H and O–H groups in total. The summed E-state index contributed by atoms with van der Waals surface area (Å²) >= 11 is 1.76. The van der Waals surface area contributed by atoms with E-state index in [2.05, 4.69) is 43.0 Å². The van der Waals surface area contributed by atoms with Crippen molar-refractivity contribution in [2.75, 3.05) is 12.3 Å². The van der Waals surface area contributed by atoms with Crippen molar-refractivity contribution in [1.82, 2.24) is 15.3 Å². The lowest BCUT2D eigenvalue weighted by Gasteiger charge is -2.27. The molecule has 0 saturated heterocycles. The Morgan fingerprint density at radius 3 is 2.50 bits per heavy atom. The average molecular weight is 293 g/mol. The van der Waals surface area contributed by atoms with Gasteiger partial charge in [0.25, 0.3) is 0 Å². The number of nitrogens with one attached hydrogen (secondary N) is 1. The first-order valence-corrected chi connectivity index (χ1v) is 8.73. The van der Waals surface area contributed by atoms with Crippen molar-refractivity contribution >= 4 is 11.8 Å². The molecule has 1 aliphatic carbocycles. The van der Waals surface area contributed by atoms with Crippen molar-refractivity contribution in [1.29, 1.82) is 0 Å². The van der Waals surface area contributed by atoms with Crippen LogP contribution in [0.4, 0.5) is 0 Å². The molecule has 2 rings (SSSR count). The van der Waals surface area contributed by atoms with Gasteiger partial charge in [0.1, 0.15) is 0 Å². The van der Waals surface area contributed by atoms with E-state index in [4.69, 9.17) is 0 Å². The summed E-state index contributed by atoms with van der Waals surface area (Å²) in [5.74, 6) is 1.94. The highest BCUT2D eigenvalue weighted by molar-refractivity contribution is 7.99. The Morgan fingerprint density at radius 1 is 1.15 bits per heavy atom. The van der Waals surface area contributed by atoms with E-state index in [-0.39, 0.29) is 0 Å². The Balaban J connectivity index is 1.73. The van der Waals surface area contributed by atoms with Crippen LogP contribution >= 0.6 is 11.8 Å². The van der Waals surface area contributed by atoms with E-state index < -0.39 is 0 Å². The number of aromatic nitrogens is 2. The number of thioether (sulfide) groups is 1. The number of rotatable bonds is 5. The van der Waals surface area contributed by atoms with Gasteiger partial charge in [-0.2, -0.15) is 0 Å². The van der Waals surface area contributed by atoms with Crippen LogP contribution in [-0.2, 0) is 0 Å². The second kappa shape index (κ2) is 7.41. The van der Waals surface area contributed by atoms with E-state index in [1.165, 1.54) is 31.2 Å². The number of nitrogens with zero attached hydrogens (tertiary/aromatic N) is 2. The van der Waals surface area contributed by atoms with Crippen LogP contribution in [-0.4, -0.2) is 28.3 Å². The fraction of sp³-hybridized carbons (Fsp3) is 0.750. The minimum absolute atomic E-state index is 0.724. The molecule has 0 aromatic carbocycles. The standard InChI is InChI=1S/C16H27N3S/c1-11-6-5-7-15(10-11)17-8-9-20-16-18-13(3)12(2)14(4)19-16/h11,15,17H,5-10H2,1-4H3. The van der Waals surface area contributed by atoms with Gasteiger partial charge in [-0.3, -0.25) is 0 Å². The Kier molecular flexibility index (Phi) is 5.85. The smallest absolute Gasteiger partial charge is 0.188 e. The maximum absolute atomic E-state index is 4.55. The Bertz CT molecular complexity index is 424. The minimum Gasteiger partial charge on any atom is -0.313 e. The zero-order valence-corrected chi connectivity index (χ0v) is 14.0. The molecule has 3 nitrogen and oxygen atoms in total. The normalized spacial score (nSPS) is 23.0. The molecular weight excluding hydrogens is 266 g/mol. The third kappa shape index (κ3) is 4.45. The van der Waals surface area contributed by atoms with E-state index in [9.17, 15) is 0 Å². The number of hydrogen-bond donors (Lipinski definition) is 1. The van der Waals surface area contributed by atoms with Gasteiger partial charge in [0.05, 0.1) is 0 Å². The second-order valence-electron chi connectivity index (χ2n) is 6.07. The highest BCUT2D eigenvalue weighted by Gasteiger charge is 2.17. The van der Waals surface area contributed by atoms with E-state index in [0.29, 0.717) is 0 Å². The first-order chi connectivity index (χ1) is 9.56.